The Balaban J connectivity index is 0.000000697. The van der Waals surface area contributed by atoms with E-state index in [4.69, 9.17) is 14.2 Å². The van der Waals surface area contributed by atoms with Gasteiger partial charge in [0.25, 0.3) is 0 Å². The number of rotatable bonds is 13. The lowest BCUT2D eigenvalue weighted by Gasteiger charge is -2.18. The number of esters is 3. The van der Waals surface area contributed by atoms with Crippen LogP contribution in [-0.4, -0.2) is 47.9 Å². The lowest BCUT2D eigenvalue weighted by atomic mass is 9.92. The number of benzene rings is 1. The summed E-state index contributed by atoms with van der Waals surface area (Å²) < 4.78 is 16.1. The first-order chi connectivity index (χ1) is 17.1. The molecule has 0 fully saturated rings. The summed E-state index contributed by atoms with van der Waals surface area (Å²) in [5.74, 6) is -1.50. The van der Waals surface area contributed by atoms with Gasteiger partial charge < -0.3 is 19.0 Å². The first kappa shape index (κ1) is 31.0. The predicted molar refractivity (Wildman–Crippen MR) is 136 cm³/mol. The first-order valence-corrected chi connectivity index (χ1v) is 12.5. The van der Waals surface area contributed by atoms with E-state index in [2.05, 4.69) is 50.2 Å². The normalized spacial score (nSPS) is 11.3. The van der Waals surface area contributed by atoms with E-state index in [1.54, 1.807) is 20.0 Å². The zero-order valence-electron chi connectivity index (χ0n) is 21.3. The number of fused-ring (bicyclic) bond motifs is 1. The Hall–Kier alpha value is -3.02. The number of nitrogens with one attached hydrogen (secondary N) is 1. The fourth-order valence-electron chi connectivity index (χ4n) is 3.22. The molecule has 2 rings (SSSR count). The van der Waals surface area contributed by atoms with Gasteiger partial charge >= 0.3 is 17.9 Å². The SMILES string of the molecule is CC(C)CCON=O.CCOC(=O)C[C@H](Cc1cc(Br)c2[nH]ncc2c1COC(C)=O)C(=O)OCC. The highest BCUT2D eigenvalue weighted by molar-refractivity contribution is 9.10. The minimum atomic E-state index is -0.716. The molecular weight excluding hydrogens is 538 g/mol. The quantitative estimate of drug-likeness (QED) is 0.118. The molecule has 1 heterocycles. The number of halogens is 1. The molecule has 0 unspecified atom stereocenters. The second-order valence-electron chi connectivity index (χ2n) is 8.19. The molecule has 0 saturated heterocycles. The minimum absolute atomic E-state index is 0.0307. The first-order valence-electron chi connectivity index (χ1n) is 11.7. The van der Waals surface area contributed by atoms with Gasteiger partial charge in [-0.2, -0.15) is 5.10 Å². The van der Waals surface area contributed by atoms with Crippen LogP contribution in [-0.2, 0) is 46.5 Å². The molecule has 0 aliphatic rings. The van der Waals surface area contributed by atoms with E-state index in [0.717, 1.165) is 32.9 Å². The third-order valence-corrected chi connectivity index (χ3v) is 5.58. The van der Waals surface area contributed by atoms with Crippen molar-refractivity contribution in [1.82, 2.24) is 10.2 Å². The topological polar surface area (TPSA) is 146 Å². The maximum absolute atomic E-state index is 12.4. The van der Waals surface area contributed by atoms with Crippen molar-refractivity contribution in [3.05, 3.63) is 32.8 Å². The number of aromatic nitrogens is 2. The van der Waals surface area contributed by atoms with Crippen LogP contribution in [0.1, 0.15) is 58.6 Å². The molecule has 0 spiro atoms. The van der Waals surface area contributed by atoms with Crippen LogP contribution in [0.5, 0.6) is 0 Å². The molecule has 0 radical (unpaired) electrons. The monoisotopic (exact) mass is 571 g/mol. The average molecular weight is 572 g/mol. The highest BCUT2D eigenvalue weighted by Crippen LogP contribution is 2.31. The summed E-state index contributed by atoms with van der Waals surface area (Å²) in [4.78, 5) is 49.2. The van der Waals surface area contributed by atoms with Crippen LogP contribution in [0.2, 0.25) is 0 Å². The molecule has 36 heavy (non-hydrogen) atoms. The summed E-state index contributed by atoms with van der Waals surface area (Å²) in [5.41, 5.74) is 2.23. The maximum Gasteiger partial charge on any atom is 0.309 e. The molecule has 1 aromatic heterocycles. The van der Waals surface area contributed by atoms with E-state index < -0.39 is 23.8 Å². The van der Waals surface area contributed by atoms with Gasteiger partial charge in [-0.3, -0.25) is 19.5 Å². The van der Waals surface area contributed by atoms with E-state index in [9.17, 15) is 19.3 Å². The summed E-state index contributed by atoms with van der Waals surface area (Å²) in [6, 6.07) is 1.83. The van der Waals surface area contributed by atoms with Crippen LogP contribution >= 0.6 is 15.9 Å². The lowest BCUT2D eigenvalue weighted by Crippen LogP contribution is -2.24. The second-order valence-corrected chi connectivity index (χ2v) is 9.04. The van der Waals surface area contributed by atoms with Crippen LogP contribution in [0.15, 0.2) is 22.1 Å². The molecule has 12 heteroatoms. The minimum Gasteiger partial charge on any atom is -0.466 e. The largest absolute Gasteiger partial charge is 0.466 e. The Labute approximate surface area is 218 Å². The standard InChI is InChI=1S/C19H23BrN2O6.C5H11NO2/c1-4-26-17(24)8-13(19(25)27-5-2)6-12-7-16(20)18-14(9-21-22-18)15(12)10-28-11(3)23;1-5(2)3-4-8-6-7/h7,9,13H,4-6,8,10H2,1-3H3,(H,21,22);5H,3-4H2,1-2H3/t13-;/m0./s1. The summed E-state index contributed by atoms with van der Waals surface area (Å²) in [6.07, 6.45) is 2.66. The fourth-order valence-corrected chi connectivity index (χ4v) is 3.80. The highest BCUT2D eigenvalue weighted by atomic mass is 79.9. The number of hydrogen-bond acceptors (Lipinski definition) is 10. The molecule has 2 aromatic rings. The molecule has 0 bridgehead atoms. The van der Waals surface area contributed by atoms with Crippen LogP contribution in [0, 0.1) is 16.7 Å². The summed E-state index contributed by atoms with van der Waals surface area (Å²) in [6.45, 7) is 9.79. The number of aromatic amines is 1. The van der Waals surface area contributed by atoms with Crippen molar-refractivity contribution < 1.29 is 33.4 Å². The smallest absolute Gasteiger partial charge is 0.309 e. The van der Waals surface area contributed by atoms with Gasteiger partial charge in [0.15, 0.2) is 5.34 Å². The van der Waals surface area contributed by atoms with E-state index in [1.807, 2.05) is 6.07 Å². The van der Waals surface area contributed by atoms with Crippen LogP contribution < -0.4 is 0 Å². The highest BCUT2D eigenvalue weighted by Gasteiger charge is 2.27. The Morgan fingerprint density at radius 1 is 1.14 bits per heavy atom. The predicted octanol–water partition coefficient (Wildman–Crippen LogP) is 4.79. The van der Waals surface area contributed by atoms with E-state index in [0.29, 0.717) is 12.5 Å². The Morgan fingerprint density at radius 2 is 1.83 bits per heavy atom. The van der Waals surface area contributed by atoms with E-state index in [-0.39, 0.29) is 32.7 Å². The van der Waals surface area contributed by atoms with Crippen LogP contribution in [0.4, 0.5) is 0 Å². The molecule has 1 aromatic carbocycles. The van der Waals surface area contributed by atoms with Gasteiger partial charge in [-0.05, 0) is 60.2 Å². The van der Waals surface area contributed by atoms with Crippen molar-refractivity contribution in [2.45, 2.75) is 60.5 Å². The molecule has 200 valence electrons. The van der Waals surface area contributed by atoms with Crippen molar-refractivity contribution in [2.75, 3.05) is 19.8 Å². The van der Waals surface area contributed by atoms with Crippen molar-refractivity contribution >= 4 is 44.7 Å². The maximum atomic E-state index is 12.4. The zero-order valence-corrected chi connectivity index (χ0v) is 22.9. The fraction of sp³-hybridized carbons (Fsp3) is 0.583. The van der Waals surface area contributed by atoms with Crippen molar-refractivity contribution in [1.29, 1.82) is 0 Å². The molecular formula is C24H34BrN3O8. The van der Waals surface area contributed by atoms with Crippen LogP contribution in [0.25, 0.3) is 10.9 Å². The Morgan fingerprint density at radius 3 is 2.42 bits per heavy atom. The zero-order chi connectivity index (χ0) is 27.1. The van der Waals surface area contributed by atoms with Crippen molar-refractivity contribution in [3.63, 3.8) is 0 Å². The van der Waals surface area contributed by atoms with Crippen molar-refractivity contribution in [3.8, 4) is 0 Å². The Bertz CT molecular complexity index is 1010. The summed E-state index contributed by atoms with van der Waals surface area (Å²) in [5, 5.41) is 9.96. The van der Waals surface area contributed by atoms with Crippen molar-refractivity contribution in [2.24, 2.45) is 17.2 Å². The third kappa shape index (κ3) is 10.7. The molecule has 1 N–H and O–H groups in total. The van der Waals surface area contributed by atoms with Gasteiger partial charge in [0.1, 0.15) is 13.2 Å². The third-order valence-electron chi connectivity index (χ3n) is 4.96. The van der Waals surface area contributed by atoms with Gasteiger partial charge in [-0.25, -0.2) is 0 Å². The molecule has 0 saturated carbocycles. The van der Waals surface area contributed by atoms with Gasteiger partial charge in [-0.15, -0.1) is 4.91 Å². The number of carbonyl (C=O) groups is 3. The summed E-state index contributed by atoms with van der Waals surface area (Å²) in [7, 11) is 0. The number of nitrogens with zero attached hydrogens (tertiary/aromatic N) is 2. The number of ether oxygens (including phenoxy) is 3. The number of carbonyl (C=O) groups excluding carboxylic acids is 3. The molecule has 0 aliphatic carbocycles. The molecule has 11 nitrogen and oxygen atoms in total. The average Bonchev–Trinajstić information content (AvgIpc) is 3.29. The number of hydrogen-bond donors (Lipinski definition) is 1. The molecule has 0 amide bonds. The van der Waals surface area contributed by atoms with Gasteiger partial charge in [-0.1, -0.05) is 13.8 Å². The summed E-state index contributed by atoms with van der Waals surface area (Å²) >= 11 is 3.49. The lowest BCUT2D eigenvalue weighted by molar-refractivity contribution is -0.154. The van der Waals surface area contributed by atoms with Gasteiger partial charge in [0, 0.05) is 22.3 Å². The van der Waals surface area contributed by atoms with Gasteiger partial charge in [0.05, 0.1) is 37.3 Å². The van der Waals surface area contributed by atoms with E-state index in [1.165, 1.54) is 6.92 Å². The van der Waals surface area contributed by atoms with Crippen LogP contribution in [0.3, 0.4) is 0 Å². The Kier molecular flexibility index (Phi) is 14.3. The molecule has 0 aliphatic heterocycles. The molecule has 1 atom stereocenters. The van der Waals surface area contributed by atoms with Gasteiger partial charge in [0.2, 0.25) is 0 Å². The number of H-pyrrole nitrogens is 1. The van der Waals surface area contributed by atoms with E-state index >= 15 is 0 Å². The second kappa shape index (κ2) is 16.6.